The Labute approximate surface area is 277 Å². The largest absolute Gasteiger partial charge is 0.508 e. The second kappa shape index (κ2) is 13.2. The van der Waals surface area contributed by atoms with Gasteiger partial charge in [-0.25, -0.2) is 9.59 Å². The van der Waals surface area contributed by atoms with Crippen molar-refractivity contribution >= 4 is 36.7 Å². The van der Waals surface area contributed by atoms with Crippen LogP contribution in [0.4, 0.5) is 26.3 Å². The van der Waals surface area contributed by atoms with Crippen LogP contribution in [0, 0.1) is 6.92 Å². The zero-order chi connectivity index (χ0) is 36.9. The van der Waals surface area contributed by atoms with Crippen LogP contribution in [0.25, 0.3) is 12.2 Å². The number of methoxy groups -OCH3 is 1. The predicted octanol–water partition coefficient (Wildman–Crippen LogP) is 5.76. The summed E-state index contributed by atoms with van der Waals surface area (Å²) in [4.78, 5) is 23.1. The molecule has 3 aliphatic rings. The summed E-state index contributed by atoms with van der Waals surface area (Å²) in [6.45, 7) is 10.4. The van der Waals surface area contributed by atoms with Gasteiger partial charge in [-0.05, 0) is 82.9 Å². The van der Waals surface area contributed by atoms with Gasteiger partial charge in [0.15, 0.2) is 11.5 Å². The number of carboxylic acid groups (broad SMARTS) is 1. The zero-order valence-electron chi connectivity index (χ0n) is 27.3. The fraction of sp³-hybridized carbons (Fsp3) is 0.438. The van der Waals surface area contributed by atoms with Crippen molar-refractivity contribution in [2.45, 2.75) is 77.3 Å². The summed E-state index contributed by atoms with van der Waals surface area (Å²) in [6.07, 6.45) is -12.6. The van der Waals surface area contributed by atoms with Crippen molar-refractivity contribution in [1.82, 2.24) is 0 Å². The Bertz CT molecular complexity index is 1680. The van der Waals surface area contributed by atoms with Crippen molar-refractivity contribution in [2.24, 2.45) is 0 Å². The number of aromatic hydroxyl groups is 1. The number of phenols is 1. The first-order chi connectivity index (χ1) is 22.5. The molecule has 5 rings (SSSR count). The van der Waals surface area contributed by atoms with Crippen LogP contribution in [-0.2, 0) is 23.6 Å². The number of ether oxygens (including phenoxy) is 4. The van der Waals surface area contributed by atoms with Gasteiger partial charge >= 0.3 is 31.4 Å². The number of rotatable bonds is 5. The number of aryl methyl sites for hydroxylation is 1. The number of phenolic OH excluding ortho intramolecular Hbond substituents is 1. The Morgan fingerprint density at radius 3 is 1.88 bits per heavy atom. The molecule has 266 valence electrons. The SMILES string of the molecule is CCOC(=O)C1=Cc2cc(O)cc(C)c2OC1C(F)(F)F.COc1cc(B2OC(C)(C)C(C)(C)O2)cc2c1OC(C(F)(F)F)C(C(=O)O)=C2. The minimum Gasteiger partial charge on any atom is -0.508 e. The number of aliphatic carboxylic acids is 1. The van der Waals surface area contributed by atoms with Gasteiger partial charge in [-0.2, -0.15) is 26.3 Å². The third kappa shape index (κ3) is 7.62. The molecule has 49 heavy (non-hydrogen) atoms. The third-order valence-electron chi connectivity index (χ3n) is 8.15. The number of carbonyl (C=O) groups excluding carboxylic acids is 1. The first-order valence-electron chi connectivity index (χ1n) is 14.7. The molecule has 1 fully saturated rings. The van der Waals surface area contributed by atoms with E-state index in [1.807, 2.05) is 27.7 Å². The van der Waals surface area contributed by atoms with E-state index in [4.69, 9.17) is 23.5 Å². The molecule has 10 nitrogen and oxygen atoms in total. The van der Waals surface area contributed by atoms with Crippen LogP contribution in [-0.4, -0.2) is 78.7 Å². The van der Waals surface area contributed by atoms with Crippen LogP contribution < -0.4 is 19.7 Å². The molecule has 0 saturated carbocycles. The summed E-state index contributed by atoms with van der Waals surface area (Å²) < 4.78 is 111. The van der Waals surface area contributed by atoms with E-state index in [-0.39, 0.29) is 40.7 Å². The normalized spacial score (nSPS) is 20.6. The molecular weight excluding hydrogens is 669 g/mol. The van der Waals surface area contributed by atoms with Crippen molar-refractivity contribution < 1.29 is 74.4 Å². The quantitative estimate of drug-likeness (QED) is 0.226. The van der Waals surface area contributed by atoms with Gasteiger partial charge in [0.25, 0.3) is 0 Å². The molecule has 2 unspecified atom stereocenters. The summed E-state index contributed by atoms with van der Waals surface area (Å²) >= 11 is 0. The topological polar surface area (TPSA) is 130 Å². The van der Waals surface area contributed by atoms with Crippen molar-refractivity contribution in [3.05, 3.63) is 52.1 Å². The number of carboxylic acids is 1. The highest BCUT2D eigenvalue weighted by Gasteiger charge is 2.53. The molecule has 2 aromatic carbocycles. The van der Waals surface area contributed by atoms with Crippen LogP contribution in [0.3, 0.4) is 0 Å². The maximum absolute atomic E-state index is 13.3. The molecule has 17 heteroatoms. The highest BCUT2D eigenvalue weighted by atomic mass is 19.4. The van der Waals surface area contributed by atoms with Gasteiger partial charge in [0.2, 0.25) is 12.2 Å². The summed E-state index contributed by atoms with van der Waals surface area (Å²) in [5.74, 6) is -3.10. The number of halogens is 6. The van der Waals surface area contributed by atoms with Gasteiger partial charge in [-0.1, -0.05) is 6.07 Å². The lowest BCUT2D eigenvalue weighted by Gasteiger charge is -2.32. The van der Waals surface area contributed by atoms with Gasteiger partial charge < -0.3 is 38.5 Å². The van der Waals surface area contributed by atoms with E-state index in [0.717, 1.165) is 12.2 Å². The van der Waals surface area contributed by atoms with Crippen LogP contribution in [0.15, 0.2) is 35.4 Å². The van der Waals surface area contributed by atoms with Crippen molar-refractivity contribution in [2.75, 3.05) is 13.7 Å². The molecule has 2 atom stereocenters. The maximum Gasteiger partial charge on any atom is 0.494 e. The molecule has 0 aromatic heterocycles. The molecule has 0 bridgehead atoms. The first-order valence-corrected chi connectivity index (χ1v) is 14.7. The van der Waals surface area contributed by atoms with Crippen LogP contribution in [0.1, 0.15) is 51.3 Å². The molecule has 0 amide bonds. The van der Waals surface area contributed by atoms with Crippen molar-refractivity contribution in [3.8, 4) is 23.0 Å². The standard InChI is InChI=1S/C18H20BF3O6.C14H13F3O4/c1-16(2)17(3,4)28-19(27-16)10-6-9-7-11(15(23)24)14(18(20,21)22)26-13(9)12(8-10)25-5;1-3-20-13(19)10-6-8-5-9(18)4-7(2)11(8)21-12(10)14(15,16)17/h6-8,14H,1-5H3,(H,23,24);4-6,12,18H,3H2,1-2H3. The number of benzene rings is 2. The monoisotopic (exact) mass is 702 g/mol. The second-order valence-electron chi connectivity index (χ2n) is 12.2. The van der Waals surface area contributed by atoms with Crippen LogP contribution >= 0.6 is 0 Å². The Balaban J connectivity index is 0.000000230. The molecule has 0 spiro atoms. The zero-order valence-corrected chi connectivity index (χ0v) is 27.3. The molecule has 3 heterocycles. The Morgan fingerprint density at radius 1 is 0.857 bits per heavy atom. The lowest BCUT2D eigenvalue weighted by Crippen LogP contribution is -2.41. The highest BCUT2D eigenvalue weighted by molar-refractivity contribution is 6.62. The molecule has 1 saturated heterocycles. The average Bonchev–Trinajstić information content (AvgIpc) is 3.20. The first kappa shape index (κ1) is 37.4. The fourth-order valence-electron chi connectivity index (χ4n) is 5.09. The number of fused-ring (bicyclic) bond motifs is 2. The van der Waals surface area contributed by atoms with Crippen molar-refractivity contribution in [1.29, 1.82) is 0 Å². The van der Waals surface area contributed by atoms with Gasteiger partial charge in [-0.3, -0.25) is 0 Å². The minimum atomic E-state index is -4.89. The number of alkyl halides is 6. The lowest BCUT2D eigenvalue weighted by atomic mass is 9.77. The van der Waals surface area contributed by atoms with Gasteiger partial charge in [0.1, 0.15) is 11.5 Å². The molecule has 0 aliphatic carbocycles. The highest BCUT2D eigenvalue weighted by Crippen LogP contribution is 2.44. The van der Waals surface area contributed by atoms with Crippen LogP contribution in [0.5, 0.6) is 23.0 Å². The van der Waals surface area contributed by atoms with Crippen LogP contribution in [0.2, 0.25) is 0 Å². The molecule has 0 radical (unpaired) electrons. The number of esters is 1. The Morgan fingerprint density at radius 2 is 1.37 bits per heavy atom. The van der Waals surface area contributed by atoms with E-state index in [9.17, 15) is 46.1 Å². The smallest absolute Gasteiger partial charge is 0.494 e. The molecular formula is C32H33BF6O10. The van der Waals surface area contributed by atoms with E-state index >= 15 is 0 Å². The van der Waals surface area contributed by atoms with E-state index in [0.29, 0.717) is 11.0 Å². The lowest BCUT2D eigenvalue weighted by molar-refractivity contribution is -0.188. The van der Waals surface area contributed by atoms with E-state index in [1.165, 1.54) is 45.2 Å². The fourth-order valence-corrected chi connectivity index (χ4v) is 5.09. The third-order valence-corrected chi connectivity index (χ3v) is 8.15. The average molecular weight is 702 g/mol. The summed E-state index contributed by atoms with van der Waals surface area (Å²) in [5.41, 5.74) is -1.63. The van der Waals surface area contributed by atoms with Crippen molar-refractivity contribution in [3.63, 3.8) is 0 Å². The number of carbonyl (C=O) groups is 2. The summed E-state index contributed by atoms with van der Waals surface area (Å²) in [6, 6.07) is 5.47. The van der Waals surface area contributed by atoms with Gasteiger partial charge in [0, 0.05) is 11.1 Å². The van der Waals surface area contributed by atoms with E-state index in [2.05, 4.69) is 4.74 Å². The maximum atomic E-state index is 13.3. The number of hydrogen-bond acceptors (Lipinski definition) is 9. The Kier molecular flexibility index (Phi) is 10.1. The number of hydrogen-bond donors (Lipinski definition) is 2. The summed E-state index contributed by atoms with van der Waals surface area (Å²) in [7, 11) is 0.484. The van der Waals surface area contributed by atoms with Gasteiger partial charge in [0.05, 0.1) is 36.1 Å². The van der Waals surface area contributed by atoms with E-state index < -0.39 is 66.0 Å². The molecule has 3 aliphatic heterocycles. The molecule has 2 aromatic rings. The molecule has 2 N–H and O–H groups in total. The Hall–Kier alpha value is -4.38. The second-order valence-corrected chi connectivity index (χ2v) is 12.2. The summed E-state index contributed by atoms with van der Waals surface area (Å²) in [5, 5.41) is 18.7. The predicted molar refractivity (Wildman–Crippen MR) is 163 cm³/mol. The minimum absolute atomic E-state index is 0.0110. The van der Waals surface area contributed by atoms with Gasteiger partial charge in [-0.15, -0.1) is 0 Å². The van der Waals surface area contributed by atoms with E-state index in [1.54, 1.807) is 0 Å².